The van der Waals surface area contributed by atoms with Crippen LogP contribution in [-0.4, -0.2) is 46.3 Å². The van der Waals surface area contributed by atoms with Crippen molar-refractivity contribution in [3.8, 4) is 12.1 Å². The van der Waals surface area contributed by atoms with Crippen molar-refractivity contribution in [1.82, 2.24) is 15.0 Å². The van der Waals surface area contributed by atoms with Crippen molar-refractivity contribution in [3.05, 3.63) is 41.3 Å². The minimum atomic E-state index is -0.522. The van der Waals surface area contributed by atoms with Gasteiger partial charge in [0.2, 0.25) is 0 Å². The number of carbonyl (C=O) groups excluding carboxylic acids is 2. The lowest BCUT2D eigenvalue weighted by atomic mass is 9.43. The number of ketones is 1. The van der Waals surface area contributed by atoms with Crippen molar-refractivity contribution in [1.29, 1.82) is 5.26 Å². The first-order valence-corrected chi connectivity index (χ1v) is 12.9. The highest BCUT2D eigenvalue weighted by Gasteiger charge is 2.57. The van der Waals surface area contributed by atoms with Gasteiger partial charge in [-0.25, -0.2) is 4.98 Å². The largest absolute Gasteiger partial charge is 0.463 e. The number of anilines is 1. The Labute approximate surface area is 210 Å². The lowest BCUT2D eigenvalue weighted by Gasteiger charge is -2.61. The summed E-state index contributed by atoms with van der Waals surface area (Å²) >= 11 is 0. The van der Waals surface area contributed by atoms with Gasteiger partial charge < -0.3 is 15.4 Å². The van der Waals surface area contributed by atoms with E-state index in [2.05, 4.69) is 25.9 Å². The van der Waals surface area contributed by atoms with E-state index in [1.807, 2.05) is 18.2 Å². The van der Waals surface area contributed by atoms with Gasteiger partial charge in [0.05, 0.1) is 18.6 Å². The number of amides is 1. The molecule has 9 nitrogen and oxygen atoms in total. The predicted octanol–water partition coefficient (Wildman–Crippen LogP) is 3.27. The van der Waals surface area contributed by atoms with Crippen LogP contribution in [0.1, 0.15) is 77.5 Å². The molecule has 9 heteroatoms. The van der Waals surface area contributed by atoms with Gasteiger partial charge >= 0.3 is 6.01 Å². The van der Waals surface area contributed by atoms with Crippen molar-refractivity contribution in [2.75, 3.05) is 24.6 Å². The van der Waals surface area contributed by atoms with Crippen molar-refractivity contribution in [2.24, 2.45) is 28.9 Å². The Morgan fingerprint density at radius 1 is 1.14 bits per heavy atom. The zero-order chi connectivity index (χ0) is 24.9. The first-order chi connectivity index (χ1) is 17.4. The molecule has 2 bridgehead atoms. The molecule has 0 unspecified atom stereocenters. The number of ether oxygens (including phenoxy) is 1. The van der Waals surface area contributed by atoms with Gasteiger partial charge in [-0.3, -0.25) is 9.59 Å². The zero-order valence-electron chi connectivity index (χ0n) is 20.2. The number of hydrogen-bond donors (Lipinski definition) is 1. The van der Waals surface area contributed by atoms with Gasteiger partial charge in [0.25, 0.3) is 5.91 Å². The summed E-state index contributed by atoms with van der Waals surface area (Å²) in [5, 5.41) is 9.08. The van der Waals surface area contributed by atoms with Crippen molar-refractivity contribution in [3.63, 3.8) is 0 Å². The fourth-order valence-electron chi connectivity index (χ4n) is 6.08. The van der Waals surface area contributed by atoms with Gasteiger partial charge in [0.1, 0.15) is 17.2 Å². The van der Waals surface area contributed by atoms with Crippen LogP contribution in [0.5, 0.6) is 6.01 Å². The smallest absolute Gasteiger partial charge is 0.319 e. The molecule has 4 aliphatic carbocycles. The molecule has 0 spiro atoms. The molecule has 2 N–H and O–H groups in total. The number of nitriles is 1. The molecule has 2 aromatic heterocycles. The van der Waals surface area contributed by atoms with E-state index in [0.717, 1.165) is 63.2 Å². The molecule has 2 aromatic rings. The number of nitrogens with two attached hydrogens (primary N) is 1. The molecule has 3 heterocycles. The topological polar surface area (TPSA) is 135 Å². The van der Waals surface area contributed by atoms with E-state index < -0.39 is 5.91 Å². The highest BCUT2D eigenvalue weighted by molar-refractivity contribution is 5.95. The summed E-state index contributed by atoms with van der Waals surface area (Å²) in [4.78, 5) is 40.4. The molecule has 5 aliphatic rings. The minimum absolute atomic E-state index is 0.0410. The van der Waals surface area contributed by atoms with E-state index in [1.165, 1.54) is 0 Å². The number of primary amides is 1. The maximum Gasteiger partial charge on any atom is 0.319 e. The number of pyridine rings is 1. The molecular formula is C27H30N6O3. The Hall–Kier alpha value is -3.54. The van der Waals surface area contributed by atoms with E-state index in [0.29, 0.717) is 24.5 Å². The van der Waals surface area contributed by atoms with Crippen molar-refractivity contribution < 1.29 is 14.3 Å². The maximum absolute atomic E-state index is 13.2. The van der Waals surface area contributed by atoms with E-state index >= 15 is 0 Å². The normalized spacial score (nSPS) is 28.4. The Morgan fingerprint density at radius 2 is 1.92 bits per heavy atom. The number of Topliss-reactive ketones (excluding diaryl/α,β-unsaturated/α-hetero) is 1. The molecule has 0 radical (unpaired) electrons. The summed E-state index contributed by atoms with van der Waals surface area (Å²) < 4.78 is 5.88. The average molecular weight is 487 g/mol. The third-order valence-electron chi connectivity index (χ3n) is 8.45. The Bertz CT molecular complexity index is 1230. The number of rotatable bonds is 9. The van der Waals surface area contributed by atoms with E-state index in [4.69, 9.17) is 15.7 Å². The summed E-state index contributed by atoms with van der Waals surface area (Å²) in [6, 6.07) is 9.70. The number of aromatic nitrogens is 3. The molecule has 1 aliphatic heterocycles. The second-order valence-electron chi connectivity index (χ2n) is 11.1. The molecule has 7 rings (SSSR count). The Morgan fingerprint density at radius 3 is 2.56 bits per heavy atom. The first-order valence-electron chi connectivity index (χ1n) is 12.9. The molecule has 0 aromatic carbocycles. The summed E-state index contributed by atoms with van der Waals surface area (Å²) in [6.45, 7) is 1.87. The van der Waals surface area contributed by atoms with Gasteiger partial charge in [-0.15, -0.1) is 0 Å². The molecule has 36 heavy (non-hydrogen) atoms. The summed E-state index contributed by atoms with van der Waals surface area (Å²) in [5.74, 6) is 1.54. The second kappa shape index (κ2) is 8.84. The van der Waals surface area contributed by atoms with Crippen LogP contribution in [0.15, 0.2) is 24.3 Å². The quantitative estimate of drug-likeness (QED) is 0.534. The van der Waals surface area contributed by atoms with Crippen LogP contribution in [0.2, 0.25) is 0 Å². The lowest BCUT2D eigenvalue weighted by Crippen LogP contribution is -2.52. The van der Waals surface area contributed by atoms with Crippen LogP contribution in [0.4, 0.5) is 5.82 Å². The van der Waals surface area contributed by atoms with Crippen LogP contribution in [0.3, 0.4) is 0 Å². The molecule has 2 atom stereocenters. The Kier molecular flexibility index (Phi) is 5.62. The van der Waals surface area contributed by atoms with Crippen LogP contribution < -0.4 is 15.4 Å². The molecule has 5 fully saturated rings. The average Bonchev–Trinajstić information content (AvgIpc) is 3.63. The van der Waals surface area contributed by atoms with E-state index in [-0.39, 0.29) is 40.7 Å². The van der Waals surface area contributed by atoms with Gasteiger partial charge in [-0.1, -0.05) is 6.07 Å². The number of nitrogens with zero attached hydrogens (tertiary/aromatic N) is 5. The van der Waals surface area contributed by atoms with Gasteiger partial charge in [0.15, 0.2) is 5.78 Å². The summed E-state index contributed by atoms with van der Waals surface area (Å²) in [6.07, 6.45) is 6.55. The van der Waals surface area contributed by atoms with Crippen LogP contribution in [0, 0.1) is 34.5 Å². The third kappa shape index (κ3) is 4.41. The molecule has 4 saturated carbocycles. The number of piperidine rings is 1. The number of hydrogen-bond acceptors (Lipinski definition) is 8. The lowest BCUT2D eigenvalue weighted by molar-refractivity contribution is -0.103. The predicted molar refractivity (Wildman–Crippen MR) is 130 cm³/mol. The summed E-state index contributed by atoms with van der Waals surface area (Å²) in [7, 11) is 0. The number of carbonyl (C=O) groups is 2. The van der Waals surface area contributed by atoms with Crippen LogP contribution in [0.25, 0.3) is 0 Å². The fraction of sp³-hybridized carbons (Fsp3) is 0.556. The highest BCUT2D eigenvalue weighted by atomic mass is 16.5. The first kappa shape index (κ1) is 22.9. The highest BCUT2D eigenvalue weighted by Crippen LogP contribution is 2.66. The molecule has 186 valence electrons. The Balaban J connectivity index is 1.17. The van der Waals surface area contributed by atoms with Gasteiger partial charge in [0, 0.05) is 43.1 Å². The standard InChI is InChI=1S/C27H30N6O3/c28-14-18-8-19(18)15-36-26-31-22(23(34)13-27-10-16(11-27)12-27)9-24(32-26)33-6-4-17(5-7-33)20-2-1-3-21(30-20)25(29)35/h1-3,9,16-19H,4-8,10-13,15H2,(H2,29,35)/t16?,18-,19+,27?/m0/s1. The van der Waals surface area contributed by atoms with E-state index in [1.54, 1.807) is 6.07 Å². The molecule has 1 saturated heterocycles. The fourth-order valence-corrected chi connectivity index (χ4v) is 6.08. The van der Waals surface area contributed by atoms with Crippen molar-refractivity contribution >= 4 is 17.5 Å². The SMILES string of the molecule is N#C[C@@H]1C[C@@H]1COc1nc(C(=O)CC23CC(C2)C3)cc(N2CCC(c3cccc(C(N)=O)n3)CC2)n1. The van der Waals surface area contributed by atoms with Crippen molar-refractivity contribution in [2.45, 2.75) is 50.9 Å². The third-order valence-corrected chi connectivity index (χ3v) is 8.45. The molecule has 1 amide bonds. The maximum atomic E-state index is 13.2. The van der Waals surface area contributed by atoms with Crippen LogP contribution in [-0.2, 0) is 0 Å². The monoisotopic (exact) mass is 486 g/mol. The van der Waals surface area contributed by atoms with Crippen LogP contribution >= 0.6 is 0 Å². The molecular weight excluding hydrogens is 456 g/mol. The second-order valence-corrected chi connectivity index (χ2v) is 11.1. The summed E-state index contributed by atoms with van der Waals surface area (Å²) in [5.41, 5.74) is 7.19. The van der Waals surface area contributed by atoms with Gasteiger partial charge in [-0.2, -0.15) is 15.2 Å². The minimum Gasteiger partial charge on any atom is -0.463 e. The zero-order valence-corrected chi connectivity index (χ0v) is 20.2. The van der Waals surface area contributed by atoms with E-state index in [9.17, 15) is 9.59 Å². The van der Waals surface area contributed by atoms with Gasteiger partial charge in [-0.05, 0) is 62.0 Å².